The molecule has 2 saturated carbocycles. The Labute approximate surface area is 234 Å². The maximum atomic E-state index is 15.0. The van der Waals surface area contributed by atoms with Crippen LogP contribution in [0.3, 0.4) is 0 Å². The highest BCUT2D eigenvalue weighted by Crippen LogP contribution is 2.74. The molecule has 0 radical (unpaired) electrons. The summed E-state index contributed by atoms with van der Waals surface area (Å²) < 4.78 is 25.6. The predicted molar refractivity (Wildman–Crippen MR) is 140 cm³/mol. The van der Waals surface area contributed by atoms with Crippen molar-refractivity contribution in [2.75, 3.05) is 6.61 Å². The summed E-state index contributed by atoms with van der Waals surface area (Å²) in [6, 6.07) is 0. The van der Waals surface area contributed by atoms with E-state index in [0.29, 0.717) is 25.7 Å². The standard InChI is InChI=1S/C31H42O9/c1-7-28(35)13-11-17-18(14-20-29(39-20)12-9-10-19(32)26(17,29)5)30(36)23(33)22-25(4)15-21(38-24(34)16(25)3)27(6,37-8-2)31(22,28)40-30/h9-10,16-18,20-22,35-36H,7-8,11-15H2,1-6H3/t16-,17?,18?,20?,21?,22?,25+,26-,27-,28-,29?,30+,31-/m0/s1. The van der Waals surface area contributed by atoms with E-state index in [1.807, 2.05) is 33.8 Å². The first-order valence-corrected chi connectivity index (χ1v) is 15.1. The first-order valence-electron chi connectivity index (χ1n) is 15.1. The van der Waals surface area contributed by atoms with Gasteiger partial charge in [0.2, 0.25) is 5.79 Å². The maximum absolute atomic E-state index is 15.0. The van der Waals surface area contributed by atoms with Crippen LogP contribution in [0.4, 0.5) is 0 Å². The van der Waals surface area contributed by atoms with E-state index in [4.69, 9.17) is 18.9 Å². The van der Waals surface area contributed by atoms with E-state index < -0.39 is 80.5 Å². The zero-order valence-electron chi connectivity index (χ0n) is 24.3. The number of carbonyl (C=O) groups is 3. The van der Waals surface area contributed by atoms with Crippen LogP contribution >= 0.6 is 0 Å². The van der Waals surface area contributed by atoms with Crippen molar-refractivity contribution in [3.63, 3.8) is 0 Å². The number of carbonyl (C=O) groups excluding carboxylic acids is 3. The molecule has 2 N–H and O–H groups in total. The summed E-state index contributed by atoms with van der Waals surface area (Å²) in [5.41, 5.74) is -7.33. The fourth-order valence-corrected chi connectivity index (χ4v) is 10.8. The van der Waals surface area contributed by atoms with Gasteiger partial charge in [-0.2, -0.15) is 0 Å². The number of allylic oxidation sites excluding steroid dienone is 1. The van der Waals surface area contributed by atoms with Crippen molar-refractivity contribution in [3.8, 4) is 0 Å². The molecule has 9 heteroatoms. The smallest absolute Gasteiger partial charge is 0.309 e. The highest BCUT2D eigenvalue weighted by Gasteiger charge is 2.88. The lowest BCUT2D eigenvalue weighted by Gasteiger charge is -2.67. The third kappa shape index (κ3) is 2.55. The largest absolute Gasteiger partial charge is 0.459 e. The second-order valence-electron chi connectivity index (χ2n) is 14.3. The average Bonchev–Trinajstić information content (AvgIpc) is 3.55. The summed E-state index contributed by atoms with van der Waals surface area (Å²) >= 11 is 0. The molecule has 0 aromatic heterocycles. The van der Waals surface area contributed by atoms with Gasteiger partial charge in [0.15, 0.2) is 11.6 Å². The van der Waals surface area contributed by atoms with Gasteiger partial charge in [-0.3, -0.25) is 14.4 Å². The Bertz CT molecular complexity index is 1250. The highest BCUT2D eigenvalue weighted by molar-refractivity contribution is 5.98. The van der Waals surface area contributed by atoms with Crippen molar-refractivity contribution in [3.05, 3.63) is 12.2 Å². The number of esters is 1. The van der Waals surface area contributed by atoms with Crippen LogP contribution in [0, 0.1) is 34.5 Å². The summed E-state index contributed by atoms with van der Waals surface area (Å²) in [6.45, 7) is 11.2. The first-order chi connectivity index (χ1) is 18.7. The van der Waals surface area contributed by atoms with Gasteiger partial charge >= 0.3 is 5.97 Å². The van der Waals surface area contributed by atoms with Gasteiger partial charge < -0.3 is 29.2 Å². The van der Waals surface area contributed by atoms with Crippen molar-refractivity contribution >= 4 is 17.5 Å². The molecule has 0 aromatic rings. The Morgan fingerprint density at radius 3 is 2.48 bits per heavy atom. The Balaban J connectivity index is 1.49. The molecule has 4 aliphatic heterocycles. The molecule has 220 valence electrons. The van der Waals surface area contributed by atoms with Crippen LogP contribution in [0.15, 0.2) is 12.2 Å². The van der Waals surface area contributed by atoms with Crippen LogP contribution in [0.2, 0.25) is 0 Å². The van der Waals surface area contributed by atoms with E-state index in [1.54, 1.807) is 19.9 Å². The molecule has 4 heterocycles. The minimum Gasteiger partial charge on any atom is -0.459 e. The van der Waals surface area contributed by atoms with Crippen LogP contribution in [0.5, 0.6) is 0 Å². The maximum Gasteiger partial charge on any atom is 0.309 e. The lowest BCUT2D eigenvalue weighted by molar-refractivity contribution is -0.389. The van der Waals surface area contributed by atoms with Crippen molar-refractivity contribution in [1.29, 1.82) is 0 Å². The van der Waals surface area contributed by atoms with Crippen LogP contribution in [-0.2, 0) is 33.3 Å². The van der Waals surface area contributed by atoms with Gasteiger partial charge in [0.25, 0.3) is 0 Å². The van der Waals surface area contributed by atoms with E-state index in [-0.39, 0.29) is 31.3 Å². The Hall–Kier alpha value is -1.65. The Morgan fingerprint density at radius 1 is 1.07 bits per heavy atom. The van der Waals surface area contributed by atoms with E-state index >= 15 is 0 Å². The second kappa shape index (κ2) is 7.64. The third-order valence-corrected chi connectivity index (χ3v) is 13.3. The number of Topliss-reactive ketones (excluding diaryl/α,β-unsaturated/α-hetero) is 1. The van der Waals surface area contributed by atoms with Gasteiger partial charge in [0, 0.05) is 12.5 Å². The predicted octanol–water partition coefficient (Wildman–Crippen LogP) is 2.64. The zero-order chi connectivity index (χ0) is 28.9. The number of fused-ring (bicyclic) bond motifs is 7. The second-order valence-corrected chi connectivity index (χ2v) is 14.3. The molecule has 6 unspecified atom stereocenters. The minimum atomic E-state index is -2.30. The average molecular weight is 559 g/mol. The fourth-order valence-electron chi connectivity index (χ4n) is 10.8. The molecule has 0 amide bonds. The molecule has 7 aliphatic rings. The molecular weight excluding hydrogens is 516 g/mol. The van der Waals surface area contributed by atoms with E-state index in [9.17, 15) is 24.6 Å². The van der Waals surface area contributed by atoms with Crippen LogP contribution in [0.1, 0.15) is 80.1 Å². The molecule has 2 spiro atoms. The summed E-state index contributed by atoms with van der Waals surface area (Å²) in [7, 11) is 0. The molecular formula is C31H42O9. The van der Waals surface area contributed by atoms with Gasteiger partial charge in [-0.1, -0.05) is 26.8 Å². The number of aliphatic hydroxyl groups is 2. The molecule has 6 fully saturated rings. The number of epoxide rings is 1. The first kappa shape index (κ1) is 27.2. The molecule has 0 aromatic carbocycles. The fraction of sp³-hybridized carbons (Fsp3) is 0.839. The van der Waals surface area contributed by atoms with Crippen molar-refractivity contribution in [2.24, 2.45) is 34.5 Å². The molecule has 13 atom stereocenters. The lowest BCUT2D eigenvalue weighted by Crippen LogP contribution is -2.81. The van der Waals surface area contributed by atoms with Crippen LogP contribution in [-0.4, -0.2) is 74.8 Å². The van der Waals surface area contributed by atoms with Crippen molar-refractivity contribution < 1.29 is 43.5 Å². The van der Waals surface area contributed by atoms with Crippen LogP contribution in [0.25, 0.3) is 0 Å². The highest BCUT2D eigenvalue weighted by atomic mass is 16.7. The molecule has 40 heavy (non-hydrogen) atoms. The summed E-state index contributed by atoms with van der Waals surface area (Å²) in [6.07, 6.45) is 4.54. The third-order valence-electron chi connectivity index (χ3n) is 13.3. The Morgan fingerprint density at radius 2 is 1.80 bits per heavy atom. The SMILES string of the molecule is CCO[C@@]1(C)C2C[C@@](C)(C3C(=O)[C@]4(O)O[C@@]31[C@](O)(CC)CCC1C4CC3OC34CC=CC(=O)[C@]14C)[C@@H](C)C(=O)O2. The van der Waals surface area contributed by atoms with Gasteiger partial charge in [-0.15, -0.1) is 0 Å². The van der Waals surface area contributed by atoms with E-state index in [2.05, 4.69) is 0 Å². The minimum absolute atomic E-state index is 0.0765. The molecule has 9 nitrogen and oxygen atoms in total. The molecule has 7 rings (SSSR count). The molecule has 3 aliphatic carbocycles. The van der Waals surface area contributed by atoms with Gasteiger partial charge in [-0.05, 0) is 76.7 Å². The summed E-state index contributed by atoms with van der Waals surface area (Å²) in [4.78, 5) is 41.9. The number of ketones is 2. The number of hydrogen-bond donors (Lipinski definition) is 2. The van der Waals surface area contributed by atoms with Gasteiger partial charge in [0.05, 0.1) is 29.0 Å². The van der Waals surface area contributed by atoms with Gasteiger partial charge in [-0.25, -0.2) is 0 Å². The number of ether oxygens (including phenoxy) is 4. The molecule has 4 bridgehead atoms. The van der Waals surface area contributed by atoms with Crippen molar-refractivity contribution in [2.45, 2.75) is 120 Å². The summed E-state index contributed by atoms with van der Waals surface area (Å²) in [5.74, 6) is -6.22. The normalized spacial score (nSPS) is 59.5. The topological polar surface area (TPSA) is 132 Å². The lowest BCUT2D eigenvalue weighted by atomic mass is 9.45. The Kier molecular flexibility index (Phi) is 5.20. The monoisotopic (exact) mass is 558 g/mol. The quantitative estimate of drug-likeness (QED) is 0.396. The molecule has 4 saturated heterocycles. The van der Waals surface area contributed by atoms with Crippen molar-refractivity contribution in [1.82, 2.24) is 0 Å². The van der Waals surface area contributed by atoms with Gasteiger partial charge in [0.1, 0.15) is 22.9 Å². The number of hydrogen-bond acceptors (Lipinski definition) is 9. The summed E-state index contributed by atoms with van der Waals surface area (Å²) in [5, 5.41) is 25.6. The van der Waals surface area contributed by atoms with Crippen LogP contribution < -0.4 is 0 Å². The number of rotatable bonds is 3. The van der Waals surface area contributed by atoms with E-state index in [0.717, 1.165) is 0 Å². The zero-order valence-corrected chi connectivity index (χ0v) is 24.3. The van der Waals surface area contributed by atoms with E-state index in [1.165, 1.54) is 0 Å².